The number of hydrogen-bond donors (Lipinski definition) is 1. The van der Waals surface area contributed by atoms with Gasteiger partial charge >= 0.3 is 0 Å². The minimum Gasteiger partial charge on any atom is -0.453 e. The summed E-state index contributed by atoms with van der Waals surface area (Å²) in [6.07, 6.45) is 3.11. The monoisotopic (exact) mass is 456 g/mol. The van der Waals surface area contributed by atoms with Crippen molar-refractivity contribution in [3.8, 4) is 23.3 Å². The first-order chi connectivity index (χ1) is 16.5. The van der Waals surface area contributed by atoms with Crippen LogP contribution in [0.5, 0.6) is 11.5 Å². The molecule has 0 aliphatic carbocycles. The number of nitrogens with zero attached hydrogens (tertiary/aromatic N) is 5. The molecule has 1 N–H and O–H groups in total. The Hall–Kier alpha value is -4.29. The Kier molecular flexibility index (Phi) is 5.65. The third-order valence-corrected chi connectivity index (χ3v) is 5.83. The summed E-state index contributed by atoms with van der Waals surface area (Å²) in [7, 11) is 0. The number of pyridine rings is 1. The largest absolute Gasteiger partial charge is 0.453 e. The van der Waals surface area contributed by atoms with Crippen LogP contribution in [-0.2, 0) is 0 Å². The molecule has 0 amide bonds. The normalized spacial score (nSPS) is 13.6. The van der Waals surface area contributed by atoms with E-state index in [1.54, 1.807) is 25.3 Å². The molecule has 0 bridgehead atoms. The van der Waals surface area contributed by atoms with Crippen molar-refractivity contribution in [2.24, 2.45) is 0 Å². The quantitative estimate of drug-likeness (QED) is 0.503. The molecule has 170 valence electrons. The molecule has 1 saturated heterocycles. The number of benzene rings is 2. The number of piperazine rings is 1. The van der Waals surface area contributed by atoms with Gasteiger partial charge in [-0.1, -0.05) is 6.07 Å². The molecule has 9 heteroatoms. The Morgan fingerprint density at radius 1 is 1.12 bits per heavy atom. The summed E-state index contributed by atoms with van der Waals surface area (Å²) in [6, 6.07) is 13.2. The molecule has 34 heavy (non-hydrogen) atoms. The summed E-state index contributed by atoms with van der Waals surface area (Å²) >= 11 is 0. The van der Waals surface area contributed by atoms with E-state index in [1.165, 1.54) is 29.1 Å². The molecule has 5 rings (SSSR count). The number of anilines is 1. The van der Waals surface area contributed by atoms with Crippen molar-refractivity contribution in [3.05, 3.63) is 82.3 Å². The van der Waals surface area contributed by atoms with Gasteiger partial charge in [0.1, 0.15) is 29.5 Å². The summed E-state index contributed by atoms with van der Waals surface area (Å²) in [5, 5.41) is 13.0. The average molecular weight is 456 g/mol. The lowest BCUT2D eigenvalue weighted by Crippen LogP contribution is -2.43. The van der Waals surface area contributed by atoms with E-state index in [2.05, 4.69) is 20.2 Å². The van der Waals surface area contributed by atoms with E-state index in [0.717, 1.165) is 32.0 Å². The standard InChI is InChI=1S/C25H21FN6O2/c1-16-2-5-21(26)24(20(16)13-27)34-18-4-6-22-19(12-18)25(33)32(15-30-22)17-3-7-23(29-14-17)31-10-8-28-9-11-31/h2-7,12,14-15,28H,8-11H2,1H3. The highest BCUT2D eigenvalue weighted by molar-refractivity contribution is 5.79. The highest BCUT2D eigenvalue weighted by Gasteiger charge is 2.16. The maximum atomic E-state index is 14.4. The molecule has 4 aromatic rings. The van der Waals surface area contributed by atoms with Crippen LogP contribution in [0.4, 0.5) is 10.2 Å². The van der Waals surface area contributed by atoms with Crippen LogP contribution < -0.4 is 20.5 Å². The van der Waals surface area contributed by atoms with Crippen molar-refractivity contribution < 1.29 is 9.13 Å². The predicted molar refractivity (Wildman–Crippen MR) is 126 cm³/mol. The van der Waals surface area contributed by atoms with Gasteiger partial charge in [-0.05, 0) is 48.9 Å². The van der Waals surface area contributed by atoms with Gasteiger partial charge in [-0.25, -0.2) is 14.4 Å². The number of aromatic nitrogens is 3. The molecular formula is C25H21FN6O2. The van der Waals surface area contributed by atoms with E-state index in [1.807, 2.05) is 18.2 Å². The van der Waals surface area contributed by atoms with Crippen molar-refractivity contribution >= 4 is 16.7 Å². The summed E-state index contributed by atoms with van der Waals surface area (Å²) in [6.45, 7) is 5.27. The number of ether oxygens (including phenoxy) is 1. The molecule has 3 heterocycles. The molecule has 8 nitrogen and oxygen atoms in total. The third-order valence-electron chi connectivity index (χ3n) is 5.83. The minimum atomic E-state index is -0.651. The summed E-state index contributed by atoms with van der Waals surface area (Å²) in [4.78, 5) is 24.3. The van der Waals surface area contributed by atoms with Crippen molar-refractivity contribution in [2.75, 3.05) is 31.1 Å². The molecular weight excluding hydrogens is 435 g/mol. The van der Waals surface area contributed by atoms with Crippen molar-refractivity contribution in [1.82, 2.24) is 19.9 Å². The molecule has 2 aromatic carbocycles. The van der Waals surface area contributed by atoms with E-state index >= 15 is 0 Å². The molecule has 1 fully saturated rings. The van der Waals surface area contributed by atoms with E-state index in [4.69, 9.17) is 4.74 Å². The first-order valence-corrected chi connectivity index (χ1v) is 10.9. The summed E-state index contributed by atoms with van der Waals surface area (Å²) in [5.74, 6) is 0.272. The molecule has 1 aliphatic rings. The molecule has 2 aromatic heterocycles. The Balaban J connectivity index is 1.50. The second-order valence-electron chi connectivity index (χ2n) is 7.99. The lowest BCUT2D eigenvalue weighted by atomic mass is 10.1. The van der Waals surface area contributed by atoms with Gasteiger partial charge in [0.05, 0.1) is 22.8 Å². The van der Waals surface area contributed by atoms with Crippen LogP contribution in [0.25, 0.3) is 16.6 Å². The lowest BCUT2D eigenvalue weighted by molar-refractivity contribution is 0.440. The zero-order chi connectivity index (χ0) is 23.7. The van der Waals surface area contributed by atoms with Gasteiger partial charge in [0.15, 0.2) is 11.6 Å². The van der Waals surface area contributed by atoms with E-state index in [-0.39, 0.29) is 22.6 Å². The van der Waals surface area contributed by atoms with Crippen LogP contribution in [0.3, 0.4) is 0 Å². The number of nitrogens with one attached hydrogen (secondary N) is 1. The fourth-order valence-electron chi connectivity index (χ4n) is 3.96. The number of halogens is 1. The smallest absolute Gasteiger partial charge is 0.265 e. The molecule has 0 unspecified atom stereocenters. The maximum absolute atomic E-state index is 14.4. The average Bonchev–Trinajstić information content (AvgIpc) is 2.88. The number of nitriles is 1. The number of hydrogen-bond acceptors (Lipinski definition) is 7. The maximum Gasteiger partial charge on any atom is 0.265 e. The van der Waals surface area contributed by atoms with Crippen LogP contribution in [-0.4, -0.2) is 40.7 Å². The lowest BCUT2D eigenvalue weighted by Gasteiger charge is -2.28. The highest BCUT2D eigenvalue weighted by atomic mass is 19.1. The topological polar surface area (TPSA) is 96.1 Å². The summed E-state index contributed by atoms with van der Waals surface area (Å²) < 4.78 is 21.5. The van der Waals surface area contributed by atoms with Gasteiger partial charge in [-0.2, -0.15) is 5.26 Å². The number of rotatable bonds is 4. The molecule has 0 saturated carbocycles. The van der Waals surface area contributed by atoms with Crippen LogP contribution in [0.1, 0.15) is 11.1 Å². The zero-order valence-electron chi connectivity index (χ0n) is 18.5. The molecule has 0 spiro atoms. The molecule has 1 aliphatic heterocycles. The first-order valence-electron chi connectivity index (χ1n) is 10.9. The summed E-state index contributed by atoms with van der Waals surface area (Å²) in [5.41, 5.74) is 1.46. The first kappa shape index (κ1) is 21.6. The fourth-order valence-corrected chi connectivity index (χ4v) is 3.96. The van der Waals surface area contributed by atoms with Gasteiger partial charge in [-0.15, -0.1) is 0 Å². The van der Waals surface area contributed by atoms with Gasteiger partial charge < -0.3 is 15.0 Å². The minimum absolute atomic E-state index is 0.111. The van der Waals surface area contributed by atoms with Crippen molar-refractivity contribution in [1.29, 1.82) is 5.26 Å². The van der Waals surface area contributed by atoms with Gasteiger partial charge in [0, 0.05) is 26.2 Å². The number of aryl methyl sites for hydroxylation is 1. The van der Waals surface area contributed by atoms with Crippen molar-refractivity contribution in [3.63, 3.8) is 0 Å². The fraction of sp³-hybridized carbons (Fsp3) is 0.200. The second-order valence-corrected chi connectivity index (χ2v) is 7.99. The predicted octanol–water partition coefficient (Wildman–Crippen LogP) is 3.30. The van der Waals surface area contributed by atoms with E-state index in [0.29, 0.717) is 22.2 Å². The van der Waals surface area contributed by atoms with Crippen LogP contribution in [0, 0.1) is 24.1 Å². The van der Waals surface area contributed by atoms with Gasteiger partial charge in [0.2, 0.25) is 0 Å². The third kappa shape index (κ3) is 3.95. The van der Waals surface area contributed by atoms with Crippen LogP contribution >= 0.6 is 0 Å². The second kappa shape index (κ2) is 8.92. The Bertz CT molecular complexity index is 1470. The van der Waals surface area contributed by atoms with Crippen LogP contribution in [0.2, 0.25) is 0 Å². The van der Waals surface area contributed by atoms with Gasteiger partial charge in [0.25, 0.3) is 5.56 Å². The van der Waals surface area contributed by atoms with E-state index < -0.39 is 5.82 Å². The Morgan fingerprint density at radius 2 is 1.94 bits per heavy atom. The number of fused-ring (bicyclic) bond motifs is 1. The Labute approximate surface area is 194 Å². The van der Waals surface area contributed by atoms with E-state index in [9.17, 15) is 14.4 Å². The van der Waals surface area contributed by atoms with Crippen LogP contribution in [0.15, 0.2) is 59.8 Å². The zero-order valence-corrected chi connectivity index (χ0v) is 18.5. The molecule has 0 atom stereocenters. The molecule has 0 radical (unpaired) electrons. The SMILES string of the molecule is Cc1ccc(F)c(Oc2ccc3ncn(-c4ccc(N5CCNCC5)nc4)c(=O)c3c2)c1C#N. The van der Waals surface area contributed by atoms with Gasteiger partial charge in [-0.3, -0.25) is 9.36 Å². The Morgan fingerprint density at radius 3 is 2.68 bits per heavy atom. The van der Waals surface area contributed by atoms with Crippen molar-refractivity contribution in [2.45, 2.75) is 6.92 Å². The highest BCUT2D eigenvalue weighted by Crippen LogP contribution is 2.31.